The van der Waals surface area contributed by atoms with Gasteiger partial charge in [0.15, 0.2) is 9.84 Å². The first-order chi connectivity index (χ1) is 11.2. The Morgan fingerprint density at radius 3 is 2.25 bits per heavy atom. The van der Waals surface area contributed by atoms with Gasteiger partial charge >= 0.3 is 0 Å². The topological polar surface area (TPSA) is 80.5 Å². The average molecular weight is 348 g/mol. The minimum Gasteiger partial charge on any atom is -0.295 e. The van der Waals surface area contributed by atoms with E-state index in [1.165, 1.54) is 12.3 Å². The molecule has 128 valence electrons. The summed E-state index contributed by atoms with van der Waals surface area (Å²) in [6.45, 7) is 2.40. The molecule has 0 aliphatic heterocycles. The van der Waals surface area contributed by atoms with E-state index in [0.29, 0.717) is 12.1 Å². The van der Waals surface area contributed by atoms with Crippen molar-refractivity contribution >= 4 is 15.5 Å². The van der Waals surface area contributed by atoms with Gasteiger partial charge in [0.05, 0.1) is 9.82 Å². The number of nitrogens with zero attached hydrogens (tertiary/aromatic N) is 2. The van der Waals surface area contributed by atoms with Crippen LogP contribution in [0.15, 0.2) is 53.4 Å². The molecule has 0 radical (unpaired) electrons. The van der Waals surface area contributed by atoms with E-state index in [0.717, 1.165) is 5.56 Å². The molecule has 0 spiro atoms. The molecule has 6 nitrogen and oxygen atoms in total. The van der Waals surface area contributed by atoms with Gasteiger partial charge in [0.25, 0.3) is 5.69 Å². The SMILES string of the molecule is C[C@H](c1ccc(S(C)(=O)=O)cc1)N(C)Cc1ccccc1[N+](=O)[O-]. The number of nitro groups is 1. The summed E-state index contributed by atoms with van der Waals surface area (Å²) in [5.74, 6) is 0. The van der Waals surface area contributed by atoms with Gasteiger partial charge in [0, 0.05) is 30.5 Å². The smallest absolute Gasteiger partial charge is 0.273 e. The van der Waals surface area contributed by atoms with Crippen molar-refractivity contribution in [1.82, 2.24) is 4.90 Å². The maximum Gasteiger partial charge on any atom is 0.273 e. The number of benzene rings is 2. The lowest BCUT2D eigenvalue weighted by atomic mass is 10.1. The average Bonchev–Trinajstić information content (AvgIpc) is 2.53. The van der Waals surface area contributed by atoms with E-state index in [-0.39, 0.29) is 21.5 Å². The van der Waals surface area contributed by atoms with Crippen LogP contribution in [0.3, 0.4) is 0 Å². The van der Waals surface area contributed by atoms with E-state index >= 15 is 0 Å². The van der Waals surface area contributed by atoms with Gasteiger partial charge in [-0.15, -0.1) is 0 Å². The summed E-state index contributed by atoms with van der Waals surface area (Å²) in [5.41, 5.74) is 1.69. The third-order valence-electron chi connectivity index (χ3n) is 4.06. The molecule has 0 N–H and O–H groups in total. The van der Waals surface area contributed by atoms with Crippen molar-refractivity contribution in [2.75, 3.05) is 13.3 Å². The van der Waals surface area contributed by atoms with Gasteiger partial charge in [-0.05, 0) is 31.7 Å². The molecule has 0 bridgehead atoms. The molecule has 2 rings (SSSR count). The van der Waals surface area contributed by atoms with Crippen LogP contribution in [0.1, 0.15) is 24.1 Å². The highest BCUT2D eigenvalue weighted by atomic mass is 32.2. The molecule has 2 aromatic carbocycles. The zero-order valence-corrected chi connectivity index (χ0v) is 14.7. The summed E-state index contributed by atoms with van der Waals surface area (Å²) >= 11 is 0. The lowest BCUT2D eigenvalue weighted by Gasteiger charge is -2.25. The van der Waals surface area contributed by atoms with Crippen LogP contribution in [0, 0.1) is 10.1 Å². The molecular weight excluding hydrogens is 328 g/mol. The van der Waals surface area contributed by atoms with Gasteiger partial charge in [-0.25, -0.2) is 8.42 Å². The predicted molar refractivity (Wildman–Crippen MR) is 92.5 cm³/mol. The van der Waals surface area contributed by atoms with Crippen molar-refractivity contribution in [2.45, 2.75) is 24.4 Å². The molecule has 0 unspecified atom stereocenters. The fourth-order valence-corrected chi connectivity index (χ4v) is 3.11. The van der Waals surface area contributed by atoms with Crippen LogP contribution in [0.4, 0.5) is 5.69 Å². The monoisotopic (exact) mass is 348 g/mol. The summed E-state index contributed by atoms with van der Waals surface area (Å²) in [6.07, 6.45) is 1.17. The Hall–Kier alpha value is -2.25. The Morgan fingerprint density at radius 1 is 1.12 bits per heavy atom. The normalized spacial score (nSPS) is 13.0. The van der Waals surface area contributed by atoms with Crippen LogP contribution < -0.4 is 0 Å². The number of rotatable bonds is 6. The molecule has 24 heavy (non-hydrogen) atoms. The summed E-state index contributed by atoms with van der Waals surface area (Å²) in [7, 11) is -1.34. The largest absolute Gasteiger partial charge is 0.295 e. The number of sulfone groups is 1. The van der Waals surface area contributed by atoms with E-state index in [2.05, 4.69) is 0 Å². The molecule has 0 aliphatic rings. The van der Waals surface area contributed by atoms with Crippen LogP contribution >= 0.6 is 0 Å². The predicted octanol–water partition coefficient (Wildman–Crippen LogP) is 3.19. The van der Waals surface area contributed by atoms with E-state index in [9.17, 15) is 18.5 Å². The Labute approximate surface area is 141 Å². The molecule has 7 heteroatoms. The van der Waals surface area contributed by atoms with Crippen molar-refractivity contribution in [1.29, 1.82) is 0 Å². The minimum atomic E-state index is -3.22. The molecule has 0 aromatic heterocycles. The van der Waals surface area contributed by atoms with Crippen LogP contribution in [0.2, 0.25) is 0 Å². The Balaban J connectivity index is 2.18. The first-order valence-corrected chi connectivity index (χ1v) is 9.32. The van der Waals surface area contributed by atoms with Crippen molar-refractivity contribution in [2.24, 2.45) is 0 Å². The number of hydrogen-bond donors (Lipinski definition) is 0. The molecule has 0 aliphatic carbocycles. The lowest BCUT2D eigenvalue weighted by Crippen LogP contribution is -2.22. The van der Waals surface area contributed by atoms with Crippen molar-refractivity contribution in [3.63, 3.8) is 0 Å². The van der Waals surface area contributed by atoms with Gasteiger partial charge in [0.1, 0.15) is 0 Å². The Morgan fingerprint density at radius 2 is 1.71 bits per heavy atom. The van der Waals surface area contributed by atoms with Gasteiger partial charge < -0.3 is 0 Å². The second-order valence-electron chi connectivity index (χ2n) is 5.82. The number of para-hydroxylation sites is 1. The Kier molecular flexibility index (Phi) is 5.36. The fraction of sp³-hybridized carbons (Fsp3) is 0.294. The highest BCUT2D eigenvalue weighted by molar-refractivity contribution is 7.90. The highest BCUT2D eigenvalue weighted by Gasteiger charge is 2.18. The zero-order chi connectivity index (χ0) is 17.9. The third kappa shape index (κ3) is 4.18. The van der Waals surface area contributed by atoms with E-state index < -0.39 is 9.84 Å². The molecule has 2 aromatic rings. The molecule has 0 amide bonds. The van der Waals surface area contributed by atoms with E-state index in [1.807, 2.05) is 18.9 Å². The summed E-state index contributed by atoms with van der Waals surface area (Å²) in [4.78, 5) is 13.0. The summed E-state index contributed by atoms with van der Waals surface area (Å²) < 4.78 is 23.0. The second kappa shape index (κ2) is 7.11. The molecular formula is C17H20N2O4S. The minimum absolute atomic E-state index is 0.0154. The van der Waals surface area contributed by atoms with Crippen molar-refractivity contribution < 1.29 is 13.3 Å². The maximum atomic E-state index is 11.5. The van der Waals surface area contributed by atoms with Crippen molar-refractivity contribution in [3.05, 3.63) is 69.8 Å². The van der Waals surface area contributed by atoms with E-state index in [4.69, 9.17) is 0 Å². The standard InChI is InChI=1S/C17H20N2O4S/c1-13(14-8-10-16(11-9-14)24(3,22)23)18(2)12-15-6-4-5-7-17(15)19(20)21/h4-11,13H,12H2,1-3H3/t13-/m1/s1. The molecule has 0 saturated heterocycles. The van der Waals surface area contributed by atoms with Crippen LogP contribution in [-0.4, -0.2) is 31.5 Å². The molecule has 0 fully saturated rings. The quantitative estimate of drug-likeness (QED) is 0.591. The van der Waals surface area contributed by atoms with Crippen LogP contribution in [0.5, 0.6) is 0 Å². The lowest BCUT2D eigenvalue weighted by molar-refractivity contribution is -0.385. The fourth-order valence-electron chi connectivity index (χ4n) is 2.48. The third-order valence-corrected chi connectivity index (χ3v) is 5.19. The van der Waals surface area contributed by atoms with Crippen LogP contribution in [0.25, 0.3) is 0 Å². The van der Waals surface area contributed by atoms with Gasteiger partial charge in [-0.3, -0.25) is 15.0 Å². The summed E-state index contributed by atoms with van der Waals surface area (Å²) in [6, 6.07) is 13.4. The van der Waals surface area contributed by atoms with E-state index in [1.54, 1.807) is 42.5 Å². The molecule has 0 heterocycles. The Bertz CT molecular complexity index is 832. The second-order valence-corrected chi connectivity index (χ2v) is 7.83. The van der Waals surface area contributed by atoms with Crippen LogP contribution in [-0.2, 0) is 16.4 Å². The van der Waals surface area contributed by atoms with Gasteiger partial charge in [-0.2, -0.15) is 0 Å². The zero-order valence-electron chi connectivity index (χ0n) is 13.8. The molecule has 0 saturated carbocycles. The first-order valence-electron chi connectivity index (χ1n) is 7.42. The maximum absolute atomic E-state index is 11.5. The van der Waals surface area contributed by atoms with Crippen molar-refractivity contribution in [3.8, 4) is 0 Å². The first kappa shape index (κ1) is 18.1. The number of hydrogen-bond acceptors (Lipinski definition) is 5. The van der Waals surface area contributed by atoms with Gasteiger partial charge in [0.2, 0.25) is 0 Å². The number of nitro benzene ring substituents is 1. The summed E-state index contributed by atoms with van der Waals surface area (Å²) in [5, 5.41) is 11.1. The molecule has 1 atom stereocenters. The highest BCUT2D eigenvalue weighted by Crippen LogP contribution is 2.25. The van der Waals surface area contributed by atoms with Gasteiger partial charge in [-0.1, -0.05) is 30.3 Å².